The van der Waals surface area contributed by atoms with Crippen LogP contribution < -0.4 is 10.6 Å². The number of nitrogens with zero attached hydrogens (tertiary/aromatic N) is 2. The van der Waals surface area contributed by atoms with E-state index in [-0.39, 0.29) is 0 Å². The summed E-state index contributed by atoms with van der Waals surface area (Å²) in [5, 5.41) is 0. The van der Waals surface area contributed by atoms with Crippen LogP contribution in [-0.2, 0) is 0 Å². The van der Waals surface area contributed by atoms with E-state index in [1.165, 1.54) is 11.1 Å². The molecule has 1 aromatic heterocycles. The van der Waals surface area contributed by atoms with Crippen LogP contribution in [0.2, 0.25) is 0 Å². The molecule has 17 heavy (non-hydrogen) atoms. The van der Waals surface area contributed by atoms with Crippen LogP contribution in [0.15, 0.2) is 36.5 Å². The zero-order valence-corrected chi connectivity index (χ0v) is 10.4. The quantitative estimate of drug-likeness (QED) is 0.857. The number of nitrogen functional groups attached to an aromatic ring is 1. The predicted octanol–water partition coefficient (Wildman–Crippen LogP) is 3.05. The molecular formula is C14H17N3. The summed E-state index contributed by atoms with van der Waals surface area (Å²) in [6, 6.07) is 10.3. The van der Waals surface area contributed by atoms with E-state index in [1.54, 1.807) is 6.20 Å². The number of benzene rings is 1. The Bertz CT molecular complexity index is 514. The molecule has 0 amide bonds. The van der Waals surface area contributed by atoms with Crippen molar-refractivity contribution in [3.8, 4) is 0 Å². The lowest BCUT2D eigenvalue weighted by molar-refractivity contribution is 1.17. The lowest BCUT2D eigenvalue weighted by Crippen LogP contribution is -2.12. The Morgan fingerprint density at radius 3 is 2.35 bits per heavy atom. The molecule has 0 spiro atoms. The van der Waals surface area contributed by atoms with E-state index in [4.69, 9.17) is 5.73 Å². The average molecular weight is 227 g/mol. The van der Waals surface area contributed by atoms with Gasteiger partial charge >= 0.3 is 0 Å². The first-order chi connectivity index (χ1) is 8.08. The SMILES string of the molecule is Cc1cc(C)cc(N(C)c2cccnc2N)c1. The molecule has 0 fully saturated rings. The lowest BCUT2D eigenvalue weighted by Gasteiger charge is -2.21. The number of hydrogen-bond acceptors (Lipinski definition) is 3. The molecule has 0 aliphatic heterocycles. The van der Waals surface area contributed by atoms with Crippen molar-refractivity contribution in [3.05, 3.63) is 47.7 Å². The maximum Gasteiger partial charge on any atom is 0.147 e. The zero-order chi connectivity index (χ0) is 12.4. The molecule has 2 rings (SSSR count). The molecule has 0 aliphatic rings. The van der Waals surface area contributed by atoms with Crippen molar-refractivity contribution in [3.63, 3.8) is 0 Å². The van der Waals surface area contributed by atoms with Gasteiger partial charge in [0.05, 0.1) is 5.69 Å². The van der Waals surface area contributed by atoms with E-state index < -0.39 is 0 Å². The fraction of sp³-hybridized carbons (Fsp3) is 0.214. The zero-order valence-electron chi connectivity index (χ0n) is 10.4. The molecule has 88 valence electrons. The predicted molar refractivity (Wildman–Crippen MR) is 72.6 cm³/mol. The van der Waals surface area contributed by atoms with Gasteiger partial charge in [-0.25, -0.2) is 4.98 Å². The molecule has 3 heteroatoms. The maximum atomic E-state index is 5.88. The maximum absolute atomic E-state index is 5.88. The number of rotatable bonds is 2. The van der Waals surface area contributed by atoms with Gasteiger partial charge in [-0.1, -0.05) is 6.07 Å². The van der Waals surface area contributed by atoms with Gasteiger partial charge in [0.25, 0.3) is 0 Å². The van der Waals surface area contributed by atoms with Crippen LogP contribution in [0.5, 0.6) is 0 Å². The molecule has 2 aromatic rings. The molecule has 0 radical (unpaired) electrons. The average Bonchev–Trinajstić information content (AvgIpc) is 2.27. The number of aryl methyl sites for hydroxylation is 2. The summed E-state index contributed by atoms with van der Waals surface area (Å²) < 4.78 is 0. The largest absolute Gasteiger partial charge is 0.382 e. The van der Waals surface area contributed by atoms with Crippen molar-refractivity contribution in [2.45, 2.75) is 13.8 Å². The van der Waals surface area contributed by atoms with Gasteiger partial charge in [-0.05, 0) is 49.2 Å². The Balaban J connectivity index is 2.43. The second-order valence-corrected chi connectivity index (χ2v) is 4.31. The Morgan fingerprint density at radius 1 is 1.12 bits per heavy atom. The topological polar surface area (TPSA) is 42.2 Å². The van der Waals surface area contributed by atoms with Crippen LogP contribution in [0.3, 0.4) is 0 Å². The fourth-order valence-electron chi connectivity index (χ4n) is 1.98. The third kappa shape index (κ3) is 2.38. The second-order valence-electron chi connectivity index (χ2n) is 4.31. The van der Waals surface area contributed by atoms with Gasteiger partial charge in [-0.3, -0.25) is 0 Å². The van der Waals surface area contributed by atoms with Crippen molar-refractivity contribution in [2.75, 3.05) is 17.7 Å². The van der Waals surface area contributed by atoms with Gasteiger partial charge in [0.15, 0.2) is 0 Å². The normalized spacial score (nSPS) is 10.3. The highest BCUT2D eigenvalue weighted by Crippen LogP contribution is 2.28. The van der Waals surface area contributed by atoms with E-state index in [0.717, 1.165) is 11.4 Å². The summed E-state index contributed by atoms with van der Waals surface area (Å²) in [6.07, 6.45) is 1.70. The Labute approximate surface area is 102 Å². The van der Waals surface area contributed by atoms with E-state index in [0.29, 0.717) is 5.82 Å². The molecular weight excluding hydrogens is 210 g/mol. The number of anilines is 3. The molecule has 0 saturated heterocycles. The van der Waals surface area contributed by atoms with Gasteiger partial charge in [0, 0.05) is 18.9 Å². The van der Waals surface area contributed by atoms with Crippen LogP contribution in [0.4, 0.5) is 17.2 Å². The first-order valence-corrected chi connectivity index (χ1v) is 5.60. The minimum absolute atomic E-state index is 0.550. The van der Waals surface area contributed by atoms with E-state index >= 15 is 0 Å². The van der Waals surface area contributed by atoms with Crippen LogP contribution in [0, 0.1) is 13.8 Å². The summed E-state index contributed by atoms with van der Waals surface area (Å²) in [4.78, 5) is 6.16. The number of pyridine rings is 1. The smallest absolute Gasteiger partial charge is 0.147 e. The van der Waals surface area contributed by atoms with Crippen molar-refractivity contribution in [1.29, 1.82) is 0 Å². The summed E-state index contributed by atoms with van der Waals surface area (Å²) >= 11 is 0. The van der Waals surface area contributed by atoms with Gasteiger partial charge in [0.1, 0.15) is 5.82 Å². The molecule has 1 aromatic carbocycles. The molecule has 3 nitrogen and oxygen atoms in total. The molecule has 0 atom stereocenters. The van der Waals surface area contributed by atoms with Crippen molar-refractivity contribution < 1.29 is 0 Å². The number of nitrogens with two attached hydrogens (primary N) is 1. The fourth-order valence-corrected chi connectivity index (χ4v) is 1.98. The standard InChI is InChI=1S/C14H17N3/c1-10-7-11(2)9-12(8-10)17(3)13-5-4-6-16-14(13)15/h4-9H,1-3H3,(H2,15,16). The molecule has 2 N–H and O–H groups in total. The van der Waals surface area contributed by atoms with Crippen LogP contribution in [-0.4, -0.2) is 12.0 Å². The van der Waals surface area contributed by atoms with E-state index in [2.05, 4.69) is 41.9 Å². The van der Waals surface area contributed by atoms with Crippen LogP contribution >= 0.6 is 0 Å². The second kappa shape index (κ2) is 4.45. The van der Waals surface area contributed by atoms with Gasteiger partial charge in [0.2, 0.25) is 0 Å². The van der Waals surface area contributed by atoms with Crippen molar-refractivity contribution >= 4 is 17.2 Å². The highest BCUT2D eigenvalue weighted by molar-refractivity contribution is 5.72. The highest BCUT2D eigenvalue weighted by atomic mass is 15.1. The van der Waals surface area contributed by atoms with E-state index in [9.17, 15) is 0 Å². The third-order valence-electron chi connectivity index (χ3n) is 2.77. The molecule has 0 saturated carbocycles. The summed E-state index contributed by atoms with van der Waals surface area (Å²) in [6.45, 7) is 4.19. The lowest BCUT2D eigenvalue weighted by atomic mass is 10.1. The summed E-state index contributed by atoms with van der Waals surface area (Å²) in [5.41, 5.74) is 10.4. The van der Waals surface area contributed by atoms with Gasteiger partial charge < -0.3 is 10.6 Å². The van der Waals surface area contributed by atoms with Gasteiger partial charge in [-0.2, -0.15) is 0 Å². The molecule has 0 bridgehead atoms. The number of hydrogen-bond donors (Lipinski definition) is 1. The number of aromatic nitrogens is 1. The van der Waals surface area contributed by atoms with Gasteiger partial charge in [-0.15, -0.1) is 0 Å². The summed E-state index contributed by atoms with van der Waals surface area (Å²) in [5.74, 6) is 0.550. The van der Waals surface area contributed by atoms with Crippen molar-refractivity contribution in [2.24, 2.45) is 0 Å². The Hall–Kier alpha value is -2.03. The Morgan fingerprint density at radius 2 is 1.76 bits per heavy atom. The van der Waals surface area contributed by atoms with Crippen molar-refractivity contribution in [1.82, 2.24) is 4.98 Å². The first kappa shape index (κ1) is 11.5. The van der Waals surface area contributed by atoms with E-state index in [1.807, 2.05) is 19.2 Å². The van der Waals surface area contributed by atoms with Crippen LogP contribution in [0.1, 0.15) is 11.1 Å². The monoisotopic (exact) mass is 227 g/mol. The summed E-state index contributed by atoms with van der Waals surface area (Å²) in [7, 11) is 2.00. The Kier molecular flexibility index (Phi) is 3.00. The highest BCUT2D eigenvalue weighted by Gasteiger charge is 2.08. The minimum atomic E-state index is 0.550. The molecule has 0 aliphatic carbocycles. The minimum Gasteiger partial charge on any atom is -0.382 e. The molecule has 0 unspecified atom stereocenters. The first-order valence-electron chi connectivity index (χ1n) is 5.60. The molecule has 1 heterocycles. The van der Waals surface area contributed by atoms with Crippen LogP contribution in [0.25, 0.3) is 0 Å². The third-order valence-corrected chi connectivity index (χ3v) is 2.77.